The first-order valence-corrected chi connectivity index (χ1v) is 8.16. The molecule has 2 aliphatic heterocycles. The molecule has 1 unspecified atom stereocenters. The second-order valence-corrected chi connectivity index (χ2v) is 6.30. The van der Waals surface area contributed by atoms with Crippen LogP contribution in [0.5, 0.6) is 11.5 Å². The van der Waals surface area contributed by atoms with Crippen molar-refractivity contribution in [2.24, 2.45) is 0 Å². The molecule has 2 aliphatic rings. The third-order valence-electron chi connectivity index (χ3n) is 3.80. The highest BCUT2D eigenvalue weighted by molar-refractivity contribution is 8.00. The summed E-state index contributed by atoms with van der Waals surface area (Å²) in [6.45, 7) is 1.14. The molecular weight excluding hydrogens is 258 g/mol. The SMILES string of the molecule is COc1cccc(CC2CCCN2)c1OC1CSC1. The minimum atomic E-state index is 0.358. The Morgan fingerprint density at radius 2 is 2.26 bits per heavy atom. The van der Waals surface area contributed by atoms with Gasteiger partial charge in [0.25, 0.3) is 0 Å². The third kappa shape index (κ3) is 3.00. The normalized spacial score (nSPS) is 23.1. The fraction of sp³-hybridized carbons (Fsp3) is 0.600. The zero-order valence-electron chi connectivity index (χ0n) is 11.4. The van der Waals surface area contributed by atoms with E-state index in [1.807, 2.05) is 17.8 Å². The van der Waals surface area contributed by atoms with Gasteiger partial charge in [-0.05, 0) is 37.4 Å². The Morgan fingerprint density at radius 1 is 1.37 bits per heavy atom. The van der Waals surface area contributed by atoms with E-state index in [0.29, 0.717) is 12.1 Å². The number of hydrogen-bond acceptors (Lipinski definition) is 4. The van der Waals surface area contributed by atoms with Gasteiger partial charge in [0.15, 0.2) is 11.5 Å². The summed E-state index contributed by atoms with van der Waals surface area (Å²) < 4.78 is 11.6. The van der Waals surface area contributed by atoms with Crippen molar-refractivity contribution < 1.29 is 9.47 Å². The lowest BCUT2D eigenvalue weighted by Crippen LogP contribution is -2.32. The van der Waals surface area contributed by atoms with E-state index in [9.17, 15) is 0 Å². The number of para-hydroxylation sites is 1. The molecule has 0 bridgehead atoms. The monoisotopic (exact) mass is 279 g/mol. The first-order chi connectivity index (χ1) is 9.36. The summed E-state index contributed by atoms with van der Waals surface area (Å²) in [5.74, 6) is 4.02. The van der Waals surface area contributed by atoms with Gasteiger partial charge in [0.2, 0.25) is 0 Å². The van der Waals surface area contributed by atoms with Gasteiger partial charge in [-0.2, -0.15) is 11.8 Å². The number of nitrogens with one attached hydrogen (secondary N) is 1. The predicted octanol–water partition coefficient (Wildman–Crippen LogP) is 2.48. The van der Waals surface area contributed by atoms with Crippen molar-refractivity contribution in [3.8, 4) is 11.5 Å². The van der Waals surface area contributed by atoms with Crippen LogP contribution in [0.1, 0.15) is 18.4 Å². The van der Waals surface area contributed by atoms with Gasteiger partial charge in [-0.25, -0.2) is 0 Å². The number of thioether (sulfide) groups is 1. The van der Waals surface area contributed by atoms with Crippen molar-refractivity contribution in [3.05, 3.63) is 23.8 Å². The molecule has 19 heavy (non-hydrogen) atoms. The average molecular weight is 279 g/mol. The van der Waals surface area contributed by atoms with Gasteiger partial charge in [-0.1, -0.05) is 12.1 Å². The van der Waals surface area contributed by atoms with E-state index in [-0.39, 0.29) is 0 Å². The van der Waals surface area contributed by atoms with Gasteiger partial charge in [0.1, 0.15) is 6.10 Å². The molecule has 4 heteroatoms. The lowest BCUT2D eigenvalue weighted by atomic mass is 10.0. The van der Waals surface area contributed by atoms with Gasteiger partial charge < -0.3 is 14.8 Å². The second-order valence-electron chi connectivity index (χ2n) is 5.22. The van der Waals surface area contributed by atoms with Crippen molar-refractivity contribution in [1.29, 1.82) is 0 Å². The van der Waals surface area contributed by atoms with Crippen molar-refractivity contribution >= 4 is 11.8 Å². The second kappa shape index (κ2) is 6.06. The Morgan fingerprint density at radius 3 is 2.89 bits per heavy atom. The zero-order chi connectivity index (χ0) is 13.1. The number of hydrogen-bond donors (Lipinski definition) is 1. The highest BCUT2D eigenvalue weighted by Crippen LogP contribution is 2.35. The van der Waals surface area contributed by atoms with E-state index < -0.39 is 0 Å². The van der Waals surface area contributed by atoms with Crippen LogP contribution >= 0.6 is 11.8 Å². The van der Waals surface area contributed by atoms with Crippen molar-refractivity contribution in [2.75, 3.05) is 25.2 Å². The highest BCUT2D eigenvalue weighted by atomic mass is 32.2. The fourth-order valence-electron chi connectivity index (χ4n) is 2.66. The first-order valence-electron chi connectivity index (χ1n) is 7.00. The van der Waals surface area contributed by atoms with Crippen molar-refractivity contribution in [3.63, 3.8) is 0 Å². The fourth-order valence-corrected chi connectivity index (χ4v) is 3.23. The highest BCUT2D eigenvalue weighted by Gasteiger charge is 2.24. The zero-order valence-corrected chi connectivity index (χ0v) is 12.2. The van der Waals surface area contributed by atoms with Crippen LogP contribution in [0.15, 0.2) is 18.2 Å². The average Bonchev–Trinajstić information content (AvgIpc) is 2.87. The van der Waals surface area contributed by atoms with Gasteiger partial charge >= 0.3 is 0 Å². The summed E-state index contributed by atoms with van der Waals surface area (Å²) in [4.78, 5) is 0. The predicted molar refractivity (Wildman–Crippen MR) is 79.5 cm³/mol. The Hall–Kier alpha value is -0.870. The number of rotatable bonds is 5. The smallest absolute Gasteiger partial charge is 0.164 e. The summed E-state index contributed by atoms with van der Waals surface area (Å²) in [7, 11) is 1.72. The molecule has 1 N–H and O–H groups in total. The van der Waals surface area contributed by atoms with Crippen LogP contribution in [0.2, 0.25) is 0 Å². The van der Waals surface area contributed by atoms with Crippen LogP contribution in [0.25, 0.3) is 0 Å². The number of benzene rings is 1. The van der Waals surface area contributed by atoms with E-state index in [4.69, 9.17) is 9.47 Å². The molecule has 3 rings (SSSR count). The Kier molecular flexibility index (Phi) is 4.18. The van der Waals surface area contributed by atoms with Crippen LogP contribution in [0, 0.1) is 0 Å². The number of methoxy groups -OCH3 is 1. The summed E-state index contributed by atoms with van der Waals surface area (Å²) in [5, 5.41) is 3.55. The van der Waals surface area contributed by atoms with Gasteiger partial charge in [-0.15, -0.1) is 0 Å². The quantitative estimate of drug-likeness (QED) is 0.897. The van der Waals surface area contributed by atoms with Crippen molar-refractivity contribution in [2.45, 2.75) is 31.4 Å². The molecule has 2 fully saturated rings. The van der Waals surface area contributed by atoms with Gasteiger partial charge in [0.05, 0.1) is 7.11 Å². The molecule has 0 saturated carbocycles. The molecule has 3 nitrogen and oxygen atoms in total. The first kappa shape index (κ1) is 13.1. The van der Waals surface area contributed by atoms with Crippen LogP contribution in [0.3, 0.4) is 0 Å². The molecule has 0 aliphatic carbocycles. The molecule has 1 aromatic rings. The lowest BCUT2D eigenvalue weighted by molar-refractivity contribution is 0.225. The van der Waals surface area contributed by atoms with Crippen LogP contribution in [-0.2, 0) is 6.42 Å². The molecule has 2 saturated heterocycles. The summed E-state index contributed by atoms with van der Waals surface area (Å²) in [5.41, 5.74) is 1.27. The van der Waals surface area contributed by atoms with E-state index in [0.717, 1.165) is 36.0 Å². The maximum absolute atomic E-state index is 6.14. The van der Waals surface area contributed by atoms with Crippen LogP contribution < -0.4 is 14.8 Å². The maximum Gasteiger partial charge on any atom is 0.164 e. The summed E-state index contributed by atoms with van der Waals surface area (Å²) in [6, 6.07) is 6.81. The third-order valence-corrected chi connectivity index (χ3v) is 5.02. The van der Waals surface area contributed by atoms with Gasteiger partial charge in [0, 0.05) is 17.5 Å². The molecule has 0 radical (unpaired) electrons. The Balaban J connectivity index is 1.79. The van der Waals surface area contributed by atoms with Gasteiger partial charge in [-0.3, -0.25) is 0 Å². The van der Waals surface area contributed by atoms with Crippen molar-refractivity contribution in [1.82, 2.24) is 5.32 Å². The lowest BCUT2D eigenvalue weighted by Gasteiger charge is -2.28. The Bertz CT molecular complexity index is 428. The molecule has 1 atom stereocenters. The van der Waals surface area contributed by atoms with E-state index in [1.165, 1.54) is 18.4 Å². The van der Waals surface area contributed by atoms with E-state index in [1.54, 1.807) is 7.11 Å². The minimum Gasteiger partial charge on any atom is -0.493 e. The topological polar surface area (TPSA) is 30.5 Å². The molecule has 0 spiro atoms. The molecule has 0 amide bonds. The maximum atomic E-state index is 6.14. The largest absolute Gasteiger partial charge is 0.493 e. The Labute approximate surface area is 119 Å². The number of ether oxygens (including phenoxy) is 2. The summed E-state index contributed by atoms with van der Waals surface area (Å²) in [6.07, 6.45) is 3.93. The standard InChI is InChI=1S/C15H21NO2S/c1-17-14-6-2-4-11(8-12-5-3-7-16-12)15(14)18-13-9-19-10-13/h2,4,6,12-13,16H,3,5,7-10H2,1H3. The molecule has 2 heterocycles. The minimum absolute atomic E-state index is 0.358. The molecule has 0 aromatic heterocycles. The molecule has 104 valence electrons. The van der Waals surface area contributed by atoms with Crippen LogP contribution in [0.4, 0.5) is 0 Å². The van der Waals surface area contributed by atoms with E-state index in [2.05, 4.69) is 17.4 Å². The van der Waals surface area contributed by atoms with E-state index >= 15 is 0 Å². The van der Waals surface area contributed by atoms with Crippen LogP contribution in [-0.4, -0.2) is 37.3 Å². The molecular formula is C15H21NO2S. The summed E-state index contributed by atoms with van der Waals surface area (Å²) >= 11 is 1.94. The molecule has 1 aromatic carbocycles.